The molecule has 28 heavy (non-hydrogen) atoms. The zero-order valence-corrected chi connectivity index (χ0v) is 16.7. The maximum Gasteiger partial charge on any atom is 0.253 e. The highest BCUT2D eigenvalue weighted by Gasteiger charge is 2.28. The van der Waals surface area contributed by atoms with Crippen LogP contribution < -0.4 is 5.32 Å². The predicted molar refractivity (Wildman–Crippen MR) is 105 cm³/mol. The number of amides is 2. The lowest BCUT2D eigenvalue weighted by Crippen LogP contribution is -2.54. The summed E-state index contributed by atoms with van der Waals surface area (Å²) in [5.41, 5.74) is 2.93. The molecule has 1 saturated heterocycles. The monoisotopic (exact) mass is 387 g/mol. The van der Waals surface area contributed by atoms with Gasteiger partial charge >= 0.3 is 0 Å². The van der Waals surface area contributed by atoms with Crippen molar-refractivity contribution in [2.24, 2.45) is 7.05 Å². The lowest BCUT2D eigenvalue weighted by Gasteiger charge is -2.37. The summed E-state index contributed by atoms with van der Waals surface area (Å²) in [6.07, 6.45) is 0. The summed E-state index contributed by atoms with van der Waals surface area (Å²) in [7, 11) is 1.85. The van der Waals surface area contributed by atoms with Gasteiger partial charge in [-0.25, -0.2) is 4.39 Å². The lowest BCUT2D eigenvalue weighted by molar-refractivity contribution is -0.121. The number of carbonyl (C=O) groups excluding carboxylic acids is 2. The topological polar surface area (TPSA) is 70.5 Å². The van der Waals surface area contributed by atoms with Crippen LogP contribution in [0, 0.1) is 19.7 Å². The highest BCUT2D eigenvalue weighted by atomic mass is 19.1. The second-order valence-corrected chi connectivity index (χ2v) is 7.17. The van der Waals surface area contributed by atoms with E-state index in [2.05, 4.69) is 15.3 Å². The molecule has 1 aromatic heterocycles. The minimum Gasteiger partial charge on any atom is -0.336 e. The molecule has 150 valence electrons. The summed E-state index contributed by atoms with van der Waals surface area (Å²) in [5, 5.41) is 7.30. The fraction of sp³-hybridized carbons (Fsp3) is 0.450. The van der Waals surface area contributed by atoms with Crippen molar-refractivity contribution >= 4 is 17.5 Å². The van der Waals surface area contributed by atoms with Gasteiger partial charge in [-0.3, -0.25) is 19.2 Å². The summed E-state index contributed by atoms with van der Waals surface area (Å²) in [6, 6.07) is 5.26. The number of halogens is 1. The van der Waals surface area contributed by atoms with Crippen LogP contribution in [-0.4, -0.2) is 63.6 Å². The van der Waals surface area contributed by atoms with Gasteiger partial charge < -0.3 is 10.2 Å². The van der Waals surface area contributed by atoms with Gasteiger partial charge in [-0.05, 0) is 45.0 Å². The van der Waals surface area contributed by atoms with Crippen LogP contribution in [0.1, 0.15) is 28.7 Å². The fourth-order valence-electron chi connectivity index (χ4n) is 3.44. The Bertz CT molecular complexity index is 869. The van der Waals surface area contributed by atoms with E-state index in [1.54, 1.807) is 9.58 Å². The average Bonchev–Trinajstić information content (AvgIpc) is 2.93. The summed E-state index contributed by atoms with van der Waals surface area (Å²) in [4.78, 5) is 29.0. The van der Waals surface area contributed by atoms with Crippen molar-refractivity contribution in [2.45, 2.75) is 26.8 Å². The first kappa shape index (κ1) is 20.0. The van der Waals surface area contributed by atoms with Crippen LogP contribution in [0.3, 0.4) is 0 Å². The third-order valence-corrected chi connectivity index (χ3v) is 5.38. The van der Waals surface area contributed by atoms with E-state index in [0.717, 1.165) is 17.1 Å². The second-order valence-electron chi connectivity index (χ2n) is 7.17. The summed E-state index contributed by atoms with van der Waals surface area (Å²) in [5.74, 6) is -0.559. The van der Waals surface area contributed by atoms with Crippen molar-refractivity contribution in [3.05, 3.63) is 47.0 Å². The number of carbonyl (C=O) groups is 2. The van der Waals surface area contributed by atoms with Gasteiger partial charge in [-0.1, -0.05) is 0 Å². The van der Waals surface area contributed by atoms with E-state index >= 15 is 0 Å². The zero-order chi connectivity index (χ0) is 20.4. The third kappa shape index (κ3) is 4.06. The Morgan fingerprint density at radius 2 is 1.71 bits per heavy atom. The Morgan fingerprint density at radius 3 is 2.25 bits per heavy atom. The van der Waals surface area contributed by atoms with E-state index in [4.69, 9.17) is 0 Å². The van der Waals surface area contributed by atoms with Crippen molar-refractivity contribution in [1.29, 1.82) is 0 Å². The van der Waals surface area contributed by atoms with E-state index in [9.17, 15) is 14.0 Å². The third-order valence-electron chi connectivity index (χ3n) is 5.38. The molecule has 1 aliphatic heterocycles. The van der Waals surface area contributed by atoms with Crippen LogP contribution in [0.4, 0.5) is 10.1 Å². The van der Waals surface area contributed by atoms with Crippen molar-refractivity contribution < 1.29 is 14.0 Å². The van der Waals surface area contributed by atoms with Crippen molar-refractivity contribution in [1.82, 2.24) is 19.6 Å². The fourth-order valence-corrected chi connectivity index (χ4v) is 3.44. The minimum absolute atomic E-state index is 0.0856. The normalized spacial score (nSPS) is 16.1. The quantitative estimate of drug-likeness (QED) is 0.871. The number of aryl methyl sites for hydroxylation is 2. The largest absolute Gasteiger partial charge is 0.336 e. The number of hydrogen-bond donors (Lipinski definition) is 1. The SMILES string of the molecule is Cc1nn(C)c(C)c1NC(=O)C(C)N1CCN(C(=O)c2ccc(F)cc2)CC1. The van der Waals surface area contributed by atoms with Gasteiger partial charge in [0.25, 0.3) is 5.91 Å². The molecule has 3 rings (SSSR count). The Balaban J connectivity index is 1.57. The van der Waals surface area contributed by atoms with Gasteiger partial charge in [0.15, 0.2) is 0 Å². The Labute approximate surface area is 164 Å². The Hall–Kier alpha value is -2.74. The Kier molecular flexibility index (Phi) is 5.79. The van der Waals surface area contributed by atoms with Gasteiger partial charge in [0, 0.05) is 38.8 Å². The standard InChI is InChI=1S/C20H26FN5O2/c1-13-18(14(2)24(4)23-13)22-19(27)15(3)25-9-11-26(12-10-25)20(28)16-5-7-17(21)8-6-16/h5-8,15H,9-12H2,1-4H3,(H,22,27). The van der Waals surface area contributed by atoms with Crippen LogP contribution in [0.2, 0.25) is 0 Å². The molecule has 2 aromatic rings. The van der Waals surface area contributed by atoms with Crippen molar-refractivity contribution in [3.63, 3.8) is 0 Å². The van der Waals surface area contributed by atoms with Crippen molar-refractivity contribution in [2.75, 3.05) is 31.5 Å². The number of nitrogens with one attached hydrogen (secondary N) is 1. The first-order chi connectivity index (χ1) is 13.3. The molecule has 1 unspecified atom stereocenters. The van der Waals surface area contributed by atoms with E-state index in [1.807, 2.05) is 27.8 Å². The predicted octanol–water partition coefficient (Wildman–Crippen LogP) is 1.96. The average molecular weight is 387 g/mol. The molecule has 2 amide bonds. The molecular formula is C20H26FN5O2. The molecule has 1 atom stereocenters. The molecule has 0 spiro atoms. The van der Waals surface area contributed by atoms with E-state index in [1.165, 1.54) is 24.3 Å². The molecule has 0 bridgehead atoms. The molecule has 1 aliphatic rings. The van der Waals surface area contributed by atoms with Crippen LogP contribution in [-0.2, 0) is 11.8 Å². The summed E-state index contributed by atoms with van der Waals surface area (Å²) < 4.78 is 14.8. The summed E-state index contributed by atoms with van der Waals surface area (Å²) >= 11 is 0. The number of nitrogens with zero attached hydrogens (tertiary/aromatic N) is 4. The van der Waals surface area contributed by atoms with Gasteiger partial charge in [0.2, 0.25) is 5.91 Å². The smallest absolute Gasteiger partial charge is 0.253 e. The number of benzene rings is 1. The molecule has 0 saturated carbocycles. The van der Waals surface area contributed by atoms with Gasteiger partial charge in [-0.2, -0.15) is 5.10 Å². The first-order valence-corrected chi connectivity index (χ1v) is 9.38. The number of hydrogen-bond acceptors (Lipinski definition) is 4. The molecule has 1 aromatic carbocycles. The molecule has 7 nitrogen and oxygen atoms in total. The highest BCUT2D eigenvalue weighted by Crippen LogP contribution is 2.19. The van der Waals surface area contributed by atoms with Crippen LogP contribution >= 0.6 is 0 Å². The number of aromatic nitrogens is 2. The maximum absolute atomic E-state index is 13.0. The van der Waals surface area contributed by atoms with Crippen LogP contribution in [0.25, 0.3) is 0 Å². The molecule has 0 radical (unpaired) electrons. The number of rotatable bonds is 4. The van der Waals surface area contributed by atoms with Crippen LogP contribution in [0.5, 0.6) is 0 Å². The zero-order valence-electron chi connectivity index (χ0n) is 16.7. The first-order valence-electron chi connectivity index (χ1n) is 9.38. The molecule has 2 heterocycles. The van der Waals surface area contributed by atoms with E-state index in [0.29, 0.717) is 31.7 Å². The molecule has 1 fully saturated rings. The van der Waals surface area contributed by atoms with Crippen LogP contribution in [0.15, 0.2) is 24.3 Å². The molecular weight excluding hydrogens is 361 g/mol. The molecule has 8 heteroatoms. The molecule has 0 aliphatic carbocycles. The van der Waals surface area contributed by atoms with Gasteiger partial charge in [0.05, 0.1) is 23.1 Å². The highest BCUT2D eigenvalue weighted by molar-refractivity contribution is 5.96. The second kappa shape index (κ2) is 8.10. The number of piperazine rings is 1. The van der Waals surface area contributed by atoms with Gasteiger partial charge in [0.1, 0.15) is 5.82 Å². The minimum atomic E-state index is -0.361. The number of anilines is 1. The van der Waals surface area contributed by atoms with E-state index in [-0.39, 0.29) is 23.7 Å². The maximum atomic E-state index is 13.0. The van der Waals surface area contributed by atoms with E-state index < -0.39 is 0 Å². The van der Waals surface area contributed by atoms with Crippen molar-refractivity contribution in [3.8, 4) is 0 Å². The Morgan fingerprint density at radius 1 is 1.11 bits per heavy atom. The molecule has 1 N–H and O–H groups in total. The summed E-state index contributed by atoms with van der Waals surface area (Å²) in [6.45, 7) is 7.91. The lowest BCUT2D eigenvalue weighted by atomic mass is 10.1. The van der Waals surface area contributed by atoms with Gasteiger partial charge in [-0.15, -0.1) is 0 Å².